The highest BCUT2D eigenvalue weighted by molar-refractivity contribution is 5.51. The zero-order chi connectivity index (χ0) is 11.3. The first kappa shape index (κ1) is 9.70. The molecule has 2 aromatic heterocycles. The maximum atomic E-state index is 5.84. The molecule has 0 spiro atoms. The average Bonchev–Trinajstić information content (AvgIpc) is 2.54. The monoisotopic (exact) mass is 215 g/mol. The smallest absolute Gasteiger partial charge is 0.137 e. The highest BCUT2D eigenvalue weighted by Gasteiger charge is 2.26. The highest BCUT2D eigenvalue weighted by atomic mass is 15.0. The lowest BCUT2D eigenvalue weighted by Crippen LogP contribution is -2.15. The van der Waals surface area contributed by atoms with Gasteiger partial charge in [0.05, 0.1) is 5.69 Å². The highest BCUT2D eigenvalue weighted by Crippen LogP contribution is 2.34. The van der Waals surface area contributed by atoms with Crippen molar-refractivity contribution in [1.29, 1.82) is 0 Å². The summed E-state index contributed by atoms with van der Waals surface area (Å²) in [4.78, 5) is 4.70. The van der Waals surface area contributed by atoms with Crippen LogP contribution in [-0.4, -0.2) is 9.38 Å². The molecule has 3 heteroatoms. The van der Waals surface area contributed by atoms with E-state index in [0.717, 1.165) is 23.7 Å². The number of hydrogen-bond donors (Lipinski definition) is 1. The van der Waals surface area contributed by atoms with E-state index in [1.54, 1.807) is 0 Å². The predicted molar refractivity (Wildman–Crippen MR) is 65.5 cm³/mol. The number of aromatic nitrogens is 2. The van der Waals surface area contributed by atoms with E-state index in [4.69, 9.17) is 10.7 Å². The molecule has 2 heterocycles. The van der Waals surface area contributed by atoms with E-state index in [0.29, 0.717) is 5.92 Å². The van der Waals surface area contributed by atoms with Gasteiger partial charge in [-0.2, -0.15) is 0 Å². The Kier molecular flexibility index (Phi) is 1.96. The summed E-state index contributed by atoms with van der Waals surface area (Å²) in [7, 11) is 0. The van der Waals surface area contributed by atoms with Crippen LogP contribution in [0.3, 0.4) is 0 Å². The molecule has 2 unspecified atom stereocenters. The van der Waals surface area contributed by atoms with Gasteiger partial charge in [-0.15, -0.1) is 0 Å². The van der Waals surface area contributed by atoms with Crippen molar-refractivity contribution in [2.75, 3.05) is 5.73 Å². The third-order valence-electron chi connectivity index (χ3n) is 3.52. The maximum absolute atomic E-state index is 5.84. The average molecular weight is 215 g/mol. The van der Waals surface area contributed by atoms with Crippen molar-refractivity contribution >= 4 is 11.3 Å². The van der Waals surface area contributed by atoms with Crippen LogP contribution in [0.5, 0.6) is 0 Å². The van der Waals surface area contributed by atoms with Crippen molar-refractivity contribution in [3.63, 3.8) is 0 Å². The van der Waals surface area contributed by atoms with Gasteiger partial charge in [-0.05, 0) is 36.8 Å². The van der Waals surface area contributed by atoms with E-state index in [9.17, 15) is 0 Å². The fourth-order valence-electron chi connectivity index (χ4n) is 2.93. The molecule has 2 aromatic rings. The van der Waals surface area contributed by atoms with Crippen LogP contribution in [0.15, 0.2) is 18.3 Å². The number of nitrogens with two attached hydrogens (primary N) is 1. The molecule has 0 saturated heterocycles. The summed E-state index contributed by atoms with van der Waals surface area (Å²) in [5.74, 6) is 1.32. The van der Waals surface area contributed by atoms with Crippen molar-refractivity contribution in [3.05, 3.63) is 29.7 Å². The molecule has 2 atom stereocenters. The molecule has 0 radical (unpaired) electrons. The zero-order valence-electron chi connectivity index (χ0n) is 9.77. The zero-order valence-corrected chi connectivity index (χ0v) is 9.77. The van der Waals surface area contributed by atoms with Crippen LogP contribution in [0, 0.1) is 5.92 Å². The standard InChI is InChI=1S/C13H17N3/c1-8-5-9(2)13-11(6-8)15-12-4-3-10(14)7-16(12)13/h3-4,7-9H,5-6,14H2,1-2H3. The predicted octanol–water partition coefficient (Wildman–Crippen LogP) is 2.60. The summed E-state index contributed by atoms with van der Waals surface area (Å²) in [6, 6.07) is 3.92. The number of imidazole rings is 1. The van der Waals surface area contributed by atoms with Crippen LogP contribution in [0.25, 0.3) is 5.65 Å². The summed E-state index contributed by atoms with van der Waals surface area (Å²) < 4.78 is 2.17. The molecule has 0 aliphatic heterocycles. The molecule has 0 bridgehead atoms. The molecule has 1 aliphatic rings. The Morgan fingerprint density at radius 1 is 1.38 bits per heavy atom. The van der Waals surface area contributed by atoms with Crippen molar-refractivity contribution in [1.82, 2.24) is 9.38 Å². The molecule has 16 heavy (non-hydrogen) atoms. The van der Waals surface area contributed by atoms with E-state index in [1.165, 1.54) is 17.8 Å². The molecule has 3 rings (SSSR count). The van der Waals surface area contributed by atoms with Crippen LogP contribution in [-0.2, 0) is 6.42 Å². The van der Waals surface area contributed by atoms with Crippen LogP contribution in [0.4, 0.5) is 5.69 Å². The molecule has 0 fully saturated rings. The molecule has 84 valence electrons. The third kappa shape index (κ3) is 1.31. The normalized spacial score (nSPS) is 24.6. The van der Waals surface area contributed by atoms with E-state index >= 15 is 0 Å². The van der Waals surface area contributed by atoms with Gasteiger partial charge in [0.2, 0.25) is 0 Å². The maximum Gasteiger partial charge on any atom is 0.137 e. The summed E-state index contributed by atoms with van der Waals surface area (Å²) >= 11 is 0. The van der Waals surface area contributed by atoms with Crippen LogP contribution in [0.2, 0.25) is 0 Å². The first-order chi connectivity index (χ1) is 7.65. The first-order valence-corrected chi connectivity index (χ1v) is 5.91. The lowest BCUT2D eigenvalue weighted by molar-refractivity contribution is 0.437. The van der Waals surface area contributed by atoms with Crippen molar-refractivity contribution in [3.8, 4) is 0 Å². The minimum Gasteiger partial charge on any atom is -0.398 e. The number of nitrogen functional groups attached to an aromatic ring is 1. The third-order valence-corrected chi connectivity index (χ3v) is 3.52. The van der Waals surface area contributed by atoms with Gasteiger partial charge in [0.15, 0.2) is 0 Å². The minimum absolute atomic E-state index is 0.579. The van der Waals surface area contributed by atoms with Gasteiger partial charge in [0, 0.05) is 17.6 Å². The second-order valence-corrected chi connectivity index (χ2v) is 5.08. The summed E-state index contributed by atoms with van der Waals surface area (Å²) in [5.41, 5.74) is 10.3. The van der Waals surface area contributed by atoms with E-state index in [-0.39, 0.29) is 0 Å². The van der Waals surface area contributed by atoms with Crippen LogP contribution >= 0.6 is 0 Å². The largest absolute Gasteiger partial charge is 0.398 e. The Morgan fingerprint density at radius 3 is 3.00 bits per heavy atom. The number of hydrogen-bond acceptors (Lipinski definition) is 2. The molecule has 3 nitrogen and oxygen atoms in total. The van der Waals surface area contributed by atoms with E-state index < -0.39 is 0 Å². The second-order valence-electron chi connectivity index (χ2n) is 5.08. The number of pyridine rings is 1. The second kappa shape index (κ2) is 3.24. The van der Waals surface area contributed by atoms with Gasteiger partial charge in [0.1, 0.15) is 5.65 Å². The lowest BCUT2D eigenvalue weighted by Gasteiger charge is -2.23. The summed E-state index contributed by atoms with van der Waals surface area (Å²) in [6.45, 7) is 4.59. The van der Waals surface area contributed by atoms with Crippen LogP contribution < -0.4 is 5.73 Å². The Balaban J connectivity index is 2.27. The van der Waals surface area contributed by atoms with Crippen molar-refractivity contribution in [2.24, 2.45) is 5.92 Å². The number of anilines is 1. The van der Waals surface area contributed by atoms with Crippen molar-refractivity contribution < 1.29 is 0 Å². The topological polar surface area (TPSA) is 43.3 Å². The lowest BCUT2D eigenvalue weighted by atomic mass is 9.84. The molecule has 1 aliphatic carbocycles. The molecule has 2 N–H and O–H groups in total. The number of fused-ring (bicyclic) bond motifs is 3. The van der Waals surface area contributed by atoms with Gasteiger partial charge >= 0.3 is 0 Å². The quantitative estimate of drug-likeness (QED) is 0.734. The molecular weight excluding hydrogens is 198 g/mol. The Bertz CT molecular complexity index is 541. The van der Waals surface area contributed by atoms with Gasteiger partial charge < -0.3 is 10.1 Å². The van der Waals surface area contributed by atoms with Crippen molar-refractivity contribution in [2.45, 2.75) is 32.6 Å². The van der Waals surface area contributed by atoms with E-state index in [2.05, 4.69) is 18.2 Å². The molecule has 0 aromatic carbocycles. The summed E-state index contributed by atoms with van der Waals surface area (Å²) in [6.07, 6.45) is 4.34. The Morgan fingerprint density at radius 2 is 2.19 bits per heavy atom. The number of nitrogens with zero attached hydrogens (tertiary/aromatic N) is 2. The Labute approximate surface area is 95.3 Å². The van der Waals surface area contributed by atoms with Gasteiger partial charge in [-0.25, -0.2) is 4.98 Å². The van der Waals surface area contributed by atoms with E-state index in [1.807, 2.05) is 18.3 Å². The molecule has 0 amide bonds. The van der Waals surface area contributed by atoms with Gasteiger partial charge in [-0.1, -0.05) is 13.8 Å². The minimum atomic E-state index is 0.579. The fourth-order valence-corrected chi connectivity index (χ4v) is 2.93. The fraction of sp³-hybridized carbons (Fsp3) is 0.462. The molecular formula is C13H17N3. The SMILES string of the molecule is CC1Cc2nc3ccc(N)cn3c2C(C)C1. The van der Waals surface area contributed by atoms with Gasteiger partial charge in [-0.3, -0.25) is 0 Å². The number of rotatable bonds is 0. The first-order valence-electron chi connectivity index (χ1n) is 5.91. The van der Waals surface area contributed by atoms with Crippen LogP contribution in [0.1, 0.15) is 37.6 Å². The Hall–Kier alpha value is -1.51. The molecule has 0 saturated carbocycles. The summed E-state index contributed by atoms with van der Waals surface area (Å²) in [5, 5.41) is 0. The van der Waals surface area contributed by atoms with Gasteiger partial charge in [0.25, 0.3) is 0 Å².